The van der Waals surface area contributed by atoms with Crippen molar-refractivity contribution in [2.75, 3.05) is 5.32 Å². The number of aryl methyl sites for hydroxylation is 1. The van der Waals surface area contributed by atoms with Crippen LogP contribution < -0.4 is 5.32 Å². The summed E-state index contributed by atoms with van der Waals surface area (Å²) in [5, 5.41) is 8.35. The van der Waals surface area contributed by atoms with Crippen molar-refractivity contribution in [3.05, 3.63) is 41.7 Å². The molecule has 0 saturated carbocycles. The van der Waals surface area contributed by atoms with Gasteiger partial charge in [-0.15, -0.1) is 0 Å². The smallest absolute Gasteiger partial charge is 0.231 e. The minimum absolute atomic E-state index is 0.122. The van der Waals surface area contributed by atoms with Gasteiger partial charge < -0.3 is 9.84 Å². The number of fused-ring (bicyclic) bond motifs is 1. The standard InChI is InChI=1S/C13H11N3O2S/c1-8-6-13(19-16-8)14-12(17)7-10-9-4-2-3-5-11(9)18-15-10/h2-6H,7H2,1H3,(H,14,17). The van der Waals surface area contributed by atoms with E-state index in [2.05, 4.69) is 14.8 Å². The van der Waals surface area contributed by atoms with Crippen LogP contribution in [-0.2, 0) is 11.2 Å². The van der Waals surface area contributed by atoms with E-state index >= 15 is 0 Å². The maximum Gasteiger partial charge on any atom is 0.231 e. The fraction of sp³-hybridized carbons (Fsp3) is 0.154. The van der Waals surface area contributed by atoms with Crippen LogP contribution in [0.1, 0.15) is 11.4 Å². The summed E-state index contributed by atoms with van der Waals surface area (Å²) in [5.41, 5.74) is 2.24. The number of carbonyl (C=O) groups excluding carboxylic acids is 1. The van der Waals surface area contributed by atoms with Crippen LogP contribution in [0.25, 0.3) is 11.0 Å². The highest BCUT2D eigenvalue weighted by atomic mass is 32.1. The van der Waals surface area contributed by atoms with E-state index in [-0.39, 0.29) is 12.3 Å². The Morgan fingerprint density at radius 1 is 1.42 bits per heavy atom. The quantitative estimate of drug-likeness (QED) is 0.796. The van der Waals surface area contributed by atoms with Crippen LogP contribution in [-0.4, -0.2) is 15.4 Å². The van der Waals surface area contributed by atoms with Crippen molar-refractivity contribution in [2.24, 2.45) is 0 Å². The molecule has 1 aromatic carbocycles. The monoisotopic (exact) mass is 273 g/mol. The molecule has 2 heterocycles. The second kappa shape index (κ2) is 4.81. The third kappa shape index (κ3) is 2.48. The second-order valence-electron chi connectivity index (χ2n) is 4.18. The molecule has 19 heavy (non-hydrogen) atoms. The zero-order valence-corrected chi connectivity index (χ0v) is 11.0. The molecule has 0 aliphatic carbocycles. The van der Waals surface area contributed by atoms with E-state index in [1.54, 1.807) is 0 Å². The number of hydrogen-bond acceptors (Lipinski definition) is 5. The summed E-state index contributed by atoms with van der Waals surface area (Å²) in [6.45, 7) is 1.89. The molecule has 1 amide bonds. The predicted octanol–water partition coefficient (Wildman–Crippen LogP) is 2.77. The van der Waals surface area contributed by atoms with Crippen LogP contribution in [0.2, 0.25) is 0 Å². The lowest BCUT2D eigenvalue weighted by molar-refractivity contribution is -0.115. The summed E-state index contributed by atoms with van der Waals surface area (Å²) in [5.74, 6) is -0.122. The van der Waals surface area contributed by atoms with E-state index in [1.807, 2.05) is 37.3 Å². The van der Waals surface area contributed by atoms with Crippen LogP contribution in [0, 0.1) is 6.92 Å². The number of para-hydroxylation sites is 1. The molecule has 3 aromatic rings. The van der Waals surface area contributed by atoms with Gasteiger partial charge in [0.25, 0.3) is 0 Å². The van der Waals surface area contributed by atoms with E-state index in [0.29, 0.717) is 11.3 Å². The molecule has 0 spiro atoms. The lowest BCUT2D eigenvalue weighted by Gasteiger charge is -1.99. The van der Waals surface area contributed by atoms with Gasteiger partial charge in [0.15, 0.2) is 5.58 Å². The van der Waals surface area contributed by atoms with Gasteiger partial charge in [-0.05, 0) is 36.7 Å². The summed E-state index contributed by atoms with van der Waals surface area (Å²) < 4.78 is 9.27. The minimum atomic E-state index is -0.122. The Bertz CT molecular complexity index is 732. The van der Waals surface area contributed by atoms with Gasteiger partial charge in [0.1, 0.15) is 10.7 Å². The van der Waals surface area contributed by atoms with Crippen molar-refractivity contribution in [2.45, 2.75) is 13.3 Å². The molecule has 0 aliphatic rings. The van der Waals surface area contributed by atoms with Crippen LogP contribution in [0.5, 0.6) is 0 Å². The van der Waals surface area contributed by atoms with Gasteiger partial charge in [-0.2, -0.15) is 4.37 Å². The van der Waals surface area contributed by atoms with Gasteiger partial charge in [-0.25, -0.2) is 0 Å². The van der Waals surface area contributed by atoms with Crippen molar-refractivity contribution in [1.29, 1.82) is 0 Å². The maximum atomic E-state index is 11.9. The fourth-order valence-corrected chi connectivity index (χ4v) is 2.50. The summed E-state index contributed by atoms with van der Waals surface area (Å²) in [7, 11) is 0. The third-order valence-corrected chi connectivity index (χ3v) is 3.47. The van der Waals surface area contributed by atoms with Gasteiger partial charge >= 0.3 is 0 Å². The molecule has 0 atom stereocenters. The largest absolute Gasteiger partial charge is 0.356 e. The van der Waals surface area contributed by atoms with Crippen LogP contribution in [0.15, 0.2) is 34.9 Å². The number of nitrogens with zero attached hydrogens (tertiary/aromatic N) is 2. The maximum absolute atomic E-state index is 11.9. The molecule has 3 rings (SSSR count). The normalized spacial score (nSPS) is 10.8. The summed E-state index contributed by atoms with van der Waals surface area (Å²) in [4.78, 5) is 11.9. The Morgan fingerprint density at radius 3 is 3.05 bits per heavy atom. The number of aromatic nitrogens is 2. The van der Waals surface area contributed by atoms with E-state index in [1.165, 1.54) is 11.5 Å². The lowest BCUT2D eigenvalue weighted by Crippen LogP contribution is -2.13. The average molecular weight is 273 g/mol. The zero-order chi connectivity index (χ0) is 13.2. The number of amides is 1. The van der Waals surface area contributed by atoms with Gasteiger partial charge in [0.2, 0.25) is 5.91 Å². The van der Waals surface area contributed by atoms with Crippen molar-refractivity contribution in [1.82, 2.24) is 9.53 Å². The van der Waals surface area contributed by atoms with Gasteiger partial charge in [0, 0.05) is 5.39 Å². The first-order chi connectivity index (χ1) is 9.22. The molecule has 0 aliphatic heterocycles. The second-order valence-corrected chi connectivity index (χ2v) is 4.99. The molecule has 5 nitrogen and oxygen atoms in total. The molecule has 96 valence electrons. The third-order valence-electron chi connectivity index (χ3n) is 2.67. The summed E-state index contributed by atoms with van der Waals surface area (Å²) in [6.07, 6.45) is 0.188. The molecule has 6 heteroatoms. The molecular weight excluding hydrogens is 262 g/mol. The zero-order valence-electron chi connectivity index (χ0n) is 10.2. The number of rotatable bonds is 3. The van der Waals surface area contributed by atoms with Crippen LogP contribution in [0.3, 0.4) is 0 Å². The Morgan fingerprint density at radius 2 is 2.26 bits per heavy atom. The van der Waals surface area contributed by atoms with Gasteiger partial charge in [-0.1, -0.05) is 17.3 Å². The lowest BCUT2D eigenvalue weighted by atomic mass is 10.2. The minimum Gasteiger partial charge on any atom is -0.356 e. The highest BCUT2D eigenvalue weighted by molar-refractivity contribution is 7.10. The molecular formula is C13H11N3O2S. The molecule has 0 unspecified atom stereocenters. The van der Waals surface area contributed by atoms with E-state index in [0.717, 1.165) is 16.1 Å². The van der Waals surface area contributed by atoms with Crippen LogP contribution in [0.4, 0.5) is 5.00 Å². The Labute approximate surface area is 113 Å². The first kappa shape index (κ1) is 11.9. The average Bonchev–Trinajstić information content (AvgIpc) is 2.97. The number of nitrogens with one attached hydrogen (secondary N) is 1. The highest BCUT2D eigenvalue weighted by Gasteiger charge is 2.12. The van der Waals surface area contributed by atoms with E-state index in [4.69, 9.17) is 4.52 Å². The van der Waals surface area contributed by atoms with Crippen molar-refractivity contribution in [3.8, 4) is 0 Å². The van der Waals surface area contributed by atoms with Gasteiger partial charge in [0.05, 0.1) is 12.1 Å². The molecule has 0 fully saturated rings. The molecule has 0 radical (unpaired) electrons. The first-order valence-electron chi connectivity index (χ1n) is 5.79. The SMILES string of the molecule is Cc1cc(NC(=O)Cc2noc3ccccc23)sn1. The van der Waals surface area contributed by atoms with Crippen molar-refractivity contribution >= 4 is 33.4 Å². The highest BCUT2D eigenvalue weighted by Crippen LogP contribution is 2.19. The fourth-order valence-electron chi connectivity index (χ4n) is 1.82. The first-order valence-corrected chi connectivity index (χ1v) is 6.56. The summed E-state index contributed by atoms with van der Waals surface area (Å²) >= 11 is 1.27. The van der Waals surface area contributed by atoms with Gasteiger partial charge in [-0.3, -0.25) is 4.79 Å². The Balaban J connectivity index is 1.76. The molecule has 0 bridgehead atoms. The predicted molar refractivity (Wildman–Crippen MR) is 73.2 cm³/mol. The number of carbonyl (C=O) groups is 1. The number of hydrogen-bond donors (Lipinski definition) is 1. The summed E-state index contributed by atoms with van der Waals surface area (Å²) in [6, 6.07) is 9.33. The molecule has 2 aromatic heterocycles. The number of anilines is 1. The van der Waals surface area contributed by atoms with E-state index in [9.17, 15) is 4.79 Å². The van der Waals surface area contributed by atoms with Crippen molar-refractivity contribution < 1.29 is 9.32 Å². The molecule has 1 N–H and O–H groups in total. The topological polar surface area (TPSA) is 68.0 Å². The Kier molecular flexibility index (Phi) is 3.00. The molecule has 0 saturated heterocycles. The van der Waals surface area contributed by atoms with E-state index < -0.39 is 0 Å². The Hall–Kier alpha value is -2.21. The van der Waals surface area contributed by atoms with Crippen molar-refractivity contribution in [3.63, 3.8) is 0 Å². The van der Waals surface area contributed by atoms with Crippen LogP contribution >= 0.6 is 11.5 Å². The number of benzene rings is 1.